The maximum atomic E-state index is 13.4. The molecule has 0 saturated carbocycles. The van der Waals surface area contributed by atoms with Crippen molar-refractivity contribution in [2.24, 2.45) is 0 Å². The van der Waals surface area contributed by atoms with Gasteiger partial charge in [-0.15, -0.1) is 0 Å². The van der Waals surface area contributed by atoms with Crippen molar-refractivity contribution in [2.75, 3.05) is 40.9 Å². The molecule has 10 heteroatoms. The Morgan fingerprint density at radius 3 is 1.44 bits per heavy atom. The molecule has 0 aromatic carbocycles. The zero-order valence-electron chi connectivity index (χ0n) is 44.8. The van der Waals surface area contributed by atoms with E-state index in [1.54, 1.807) is 0 Å². The molecule has 1 N–H and O–H groups in total. The number of carbonyl (C=O) groups is 2. The lowest BCUT2D eigenvalue weighted by Gasteiger charge is -2.30. The molecule has 0 radical (unpaired) electrons. The highest BCUT2D eigenvalue weighted by Crippen LogP contribution is 2.38. The summed E-state index contributed by atoms with van der Waals surface area (Å²) in [6.07, 6.45) is 60.1. The van der Waals surface area contributed by atoms with Crippen LogP contribution in [0.25, 0.3) is 0 Å². The number of allylic oxidation sites excluding steroid dienone is 11. The van der Waals surface area contributed by atoms with Crippen molar-refractivity contribution in [3.05, 3.63) is 72.9 Å². The smallest absolute Gasteiger partial charge is 0.306 e. The van der Waals surface area contributed by atoms with Crippen LogP contribution in [0.4, 0.5) is 0 Å². The van der Waals surface area contributed by atoms with E-state index in [1.165, 1.54) is 89.9 Å². The van der Waals surface area contributed by atoms with Gasteiger partial charge in [-0.3, -0.25) is 14.2 Å². The summed E-state index contributed by atoms with van der Waals surface area (Å²) in [5, 5.41) is 3.00. The van der Waals surface area contributed by atoms with Gasteiger partial charge in [0.25, 0.3) is 7.82 Å². The summed E-state index contributed by atoms with van der Waals surface area (Å²) in [7, 11) is 1.16. The summed E-state index contributed by atoms with van der Waals surface area (Å²) in [5.74, 6) is -0.580. The summed E-state index contributed by atoms with van der Waals surface area (Å²) in [6, 6.07) is -0.904. The van der Waals surface area contributed by atoms with E-state index in [1.807, 2.05) is 33.3 Å². The molecule has 0 aliphatic heterocycles. The van der Waals surface area contributed by atoms with Gasteiger partial charge in [0.2, 0.25) is 5.91 Å². The van der Waals surface area contributed by atoms with Crippen LogP contribution in [-0.4, -0.2) is 69.4 Å². The van der Waals surface area contributed by atoms with E-state index in [9.17, 15) is 19.0 Å². The Morgan fingerprint density at radius 1 is 0.529 bits per heavy atom. The zero-order valence-corrected chi connectivity index (χ0v) is 45.7. The van der Waals surface area contributed by atoms with Gasteiger partial charge in [0.15, 0.2) is 0 Å². The number of hydrogen-bond acceptors (Lipinski definition) is 7. The molecule has 0 aromatic heterocycles. The predicted octanol–water partition coefficient (Wildman–Crippen LogP) is 15.9. The van der Waals surface area contributed by atoms with Crippen LogP contribution in [0, 0.1) is 0 Å². The Hall–Kier alpha value is -2.55. The lowest BCUT2D eigenvalue weighted by atomic mass is 10.1. The number of phosphoric ester groups is 1. The van der Waals surface area contributed by atoms with Gasteiger partial charge in [-0.05, 0) is 96.0 Å². The van der Waals surface area contributed by atoms with Gasteiger partial charge in [0.1, 0.15) is 19.3 Å². The Kier molecular flexibility index (Phi) is 46.3. The van der Waals surface area contributed by atoms with E-state index in [0.717, 1.165) is 103 Å². The highest BCUT2D eigenvalue weighted by molar-refractivity contribution is 7.45. The highest BCUT2D eigenvalue weighted by atomic mass is 31.2. The molecule has 0 heterocycles. The molecule has 0 aromatic rings. The number of unbranched alkanes of at least 4 members (excludes halogenated alkanes) is 23. The molecule has 3 atom stereocenters. The maximum absolute atomic E-state index is 13.4. The molecule has 68 heavy (non-hydrogen) atoms. The van der Waals surface area contributed by atoms with Crippen LogP contribution in [0.1, 0.15) is 233 Å². The fourth-order valence-electron chi connectivity index (χ4n) is 7.56. The molecule has 0 rings (SSSR count). The van der Waals surface area contributed by atoms with Crippen molar-refractivity contribution in [3.8, 4) is 0 Å². The molecule has 0 fully saturated rings. The van der Waals surface area contributed by atoms with E-state index >= 15 is 0 Å². The summed E-state index contributed by atoms with van der Waals surface area (Å²) >= 11 is 0. The first-order chi connectivity index (χ1) is 32.9. The first-order valence-corrected chi connectivity index (χ1v) is 29.2. The van der Waals surface area contributed by atoms with Crippen LogP contribution < -0.4 is 10.2 Å². The minimum atomic E-state index is -4.70. The van der Waals surface area contributed by atoms with Gasteiger partial charge in [-0.1, -0.05) is 197 Å². The molecule has 0 bridgehead atoms. The van der Waals surface area contributed by atoms with Gasteiger partial charge >= 0.3 is 5.97 Å². The lowest BCUT2D eigenvalue weighted by molar-refractivity contribution is -0.870. The van der Waals surface area contributed by atoms with E-state index in [2.05, 4.69) is 86.8 Å². The molecule has 9 nitrogen and oxygen atoms in total. The number of hydrogen-bond donors (Lipinski definition) is 1. The Balaban J connectivity index is 5.39. The average Bonchev–Trinajstić information content (AvgIpc) is 3.29. The minimum Gasteiger partial charge on any atom is -0.756 e. The predicted molar refractivity (Wildman–Crippen MR) is 288 cm³/mol. The van der Waals surface area contributed by atoms with Crippen molar-refractivity contribution in [1.29, 1.82) is 0 Å². The number of quaternary nitrogens is 1. The molecular weight excluding hydrogens is 868 g/mol. The monoisotopic (exact) mass is 973 g/mol. The van der Waals surface area contributed by atoms with Gasteiger partial charge in [0, 0.05) is 12.8 Å². The number of carbonyl (C=O) groups excluding carboxylic acids is 2. The molecule has 3 unspecified atom stereocenters. The largest absolute Gasteiger partial charge is 0.756 e. The van der Waals surface area contributed by atoms with Crippen molar-refractivity contribution < 1.29 is 37.3 Å². The van der Waals surface area contributed by atoms with Gasteiger partial charge in [-0.25, -0.2) is 0 Å². The van der Waals surface area contributed by atoms with Crippen LogP contribution in [0.5, 0.6) is 0 Å². The molecule has 0 spiro atoms. The van der Waals surface area contributed by atoms with Crippen LogP contribution >= 0.6 is 7.82 Å². The number of rotatable bonds is 49. The molecule has 0 aliphatic carbocycles. The van der Waals surface area contributed by atoms with Crippen molar-refractivity contribution in [1.82, 2.24) is 5.32 Å². The second kappa shape index (κ2) is 48.1. The van der Waals surface area contributed by atoms with Crippen LogP contribution in [0.15, 0.2) is 72.9 Å². The van der Waals surface area contributed by atoms with E-state index in [-0.39, 0.29) is 31.3 Å². The van der Waals surface area contributed by atoms with Crippen LogP contribution in [0.3, 0.4) is 0 Å². The average molecular weight is 973 g/mol. The number of likely N-dealkylation sites (N-methyl/N-ethyl adjacent to an activating group) is 1. The molecule has 1 amide bonds. The van der Waals surface area contributed by atoms with Crippen molar-refractivity contribution >= 4 is 19.7 Å². The van der Waals surface area contributed by atoms with Crippen LogP contribution in [0.2, 0.25) is 0 Å². The standard InChI is InChI=1S/C58H105N2O7P/c1-7-10-13-16-19-22-25-27-29-30-31-33-36-39-42-45-48-51-58(62)67-56(49-46-43-40-37-34-24-21-18-15-12-9-3)55(54-66-68(63,64)65-53-52-60(4,5)6)59-57(61)50-47-44-41-38-35-32-28-26-23-20-17-14-11-8-2/h11,14,19-20,22-23,27-29,32,46,49,55-56H,7-10,12-13,15-18,21,24-26,30-31,33-45,47-48,50-54H2,1-6H3,(H-,59,61,63,64)/b14-11+,22-19-,23-20+,29-27-,32-28+,49-46+. The number of phosphoric acid groups is 1. The number of esters is 1. The molecule has 394 valence electrons. The maximum Gasteiger partial charge on any atom is 0.306 e. The Bertz CT molecular complexity index is 1400. The van der Waals surface area contributed by atoms with E-state index in [0.29, 0.717) is 17.4 Å². The first-order valence-electron chi connectivity index (χ1n) is 27.7. The zero-order chi connectivity index (χ0) is 50.1. The fraction of sp³-hybridized carbons (Fsp3) is 0.759. The number of ether oxygens (including phenoxy) is 1. The molecular formula is C58H105N2O7P. The van der Waals surface area contributed by atoms with Crippen molar-refractivity contribution in [3.63, 3.8) is 0 Å². The van der Waals surface area contributed by atoms with E-state index in [4.69, 9.17) is 13.8 Å². The van der Waals surface area contributed by atoms with E-state index < -0.39 is 26.6 Å². The Labute approximate surface area is 419 Å². The first kappa shape index (κ1) is 65.5. The summed E-state index contributed by atoms with van der Waals surface area (Å²) in [5.41, 5.74) is 0. The molecule has 0 saturated heterocycles. The van der Waals surface area contributed by atoms with Gasteiger partial charge in [-0.2, -0.15) is 0 Å². The number of nitrogens with zero attached hydrogens (tertiary/aromatic N) is 1. The van der Waals surface area contributed by atoms with Gasteiger partial charge in [0.05, 0.1) is 33.8 Å². The van der Waals surface area contributed by atoms with Crippen molar-refractivity contribution in [2.45, 2.75) is 245 Å². The highest BCUT2D eigenvalue weighted by Gasteiger charge is 2.27. The topological polar surface area (TPSA) is 114 Å². The molecule has 0 aliphatic rings. The Morgan fingerprint density at radius 2 is 0.941 bits per heavy atom. The third kappa shape index (κ3) is 48.5. The fourth-order valence-corrected chi connectivity index (χ4v) is 8.29. The quantitative estimate of drug-likeness (QED) is 0.0212. The van der Waals surface area contributed by atoms with Crippen LogP contribution in [-0.2, 0) is 27.9 Å². The summed E-state index contributed by atoms with van der Waals surface area (Å²) < 4.78 is 30.2. The van der Waals surface area contributed by atoms with Gasteiger partial charge < -0.3 is 28.5 Å². The number of nitrogens with one attached hydrogen (secondary N) is 1. The second-order valence-electron chi connectivity index (χ2n) is 19.7. The summed E-state index contributed by atoms with van der Waals surface area (Å²) in [6.45, 7) is 6.66. The second-order valence-corrected chi connectivity index (χ2v) is 21.1. The minimum absolute atomic E-state index is 0.0309. The third-order valence-electron chi connectivity index (χ3n) is 11.9. The lowest BCUT2D eigenvalue weighted by Crippen LogP contribution is -2.47. The SMILES string of the molecule is CC/C=C/C/C=C/C/C=C/CCCCCCC(=O)NC(COP(=O)([O-])OCC[N+](C)(C)C)C(/C=C/CCCCCCCCCCC)OC(=O)CCCCCCCCC/C=C\C/C=C\CCCCC. The third-order valence-corrected chi connectivity index (χ3v) is 12.8. The number of amides is 1. The summed E-state index contributed by atoms with van der Waals surface area (Å²) in [4.78, 5) is 39.8. The normalized spacial score (nSPS) is 14.4.